The molecule has 1 saturated carbocycles. The lowest BCUT2D eigenvalue weighted by Gasteiger charge is -2.20. The van der Waals surface area contributed by atoms with Gasteiger partial charge >= 0.3 is 0 Å². The molecule has 2 N–H and O–H groups in total. The standard InChI is InChI=1S/C13H18N4O2/c18-13(9-5-7-19-8-6-9)15-12-4-3-11(16-17-12)14-10-1-2-10/h3-4,9-10H,1-2,5-8H2,(H,14,16)(H,15,17,18). The number of carbonyl (C=O) groups excluding carboxylic acids is 1. The van der Waals surface area contributed by atoms with Gasteiger partial charge in [-0.05, 0) is 37.8 Å². The van der Waals surface area contributed by atoms with Gasteiger partial charge in [-0.3, -0.25) is 4.79 Å². The summed E-state index contributed by atoms with van der Waals surface area (Å²) in [5, 5.41) is 14.1. The Morgan fingerprint density at radius 2 is 1.79 bits per heavy atom. The number of hydrogen-bond donors (Lipinski definition) is 2. The van der Waals surface area contributed by atoms with E-state index in [9.17, 15) is 4.79 Å². The maximum Gasteiger partial charge on any atom is 0.228 e. The highest BCUT2D eigenvalue weighted by Gasteiger charge is 2.23. The van der Waals surface area contributed by atoms with E-state index in [-0.39, 0.29) is 11.8 Å². The molecule has 1 aliphatic carbocycles. The Morgan fingerprint density at radius 1 is 1.11 bits per heavy atom. The average Bonchev–Trinajstić information content (AvgIpc) is 3.26. The molecule has 19 heavy (non-hydrogen) atoms. The maximum atomic E-state index is 12.0. The number of carbonyl (C=O) groups is 1. The molecule has 1 aromatic heterocycles. The van der Waals surface area contributed by atoms with Crippen LogP contribution in [0.4, 0.5) is 11.6 Å². The summed E-state index contributed by atoms with van der Waals surface area (Å²) < 4.78 is 5.24. The zero-order chi connectivity index (χ0) is 13.1. The van der Waals surface area contributed by atoms with Gasteiger partial charge in [0, 0.05) is 25.2 Å². The van der Waals surface area contributed by atoms with Crippen LogP contribution in [-0.2, 0) is 9.53 Å². The minimum Gasteiger partial charge on any atom is -0.381 e. The molecule has 1 aromatic rings. The fraction of sp³-hybridized carbons (Fsp3) is 0.615. The van der Waals surface area contributed by atoms with Gasteiger partial charge in [-0.15, -0.1) is 10.2 Å². The van der Waals surface area contributed by atoms with Crippen molar-refractivity contribution in [2.24, 2.45) is 5.92 Å². The Morgan fingerprint density at radius 3 is 2.42 bits per heavy atom. The molecular formula is C13H18N4O2. The SMILES string of the molecule is O=C(Nc1ccc(NC2CC2)nn1)C1CCOCC1. The lowest BCUT2D eigenvalue weighted by Crippen LogP contribution is -2.28. The molecule has 2 heterocycles. The molecule has 0 radical (unpaired) electrons. The van der Waals surface area contributed by atoms with Gasteiger partial charge in [0.2, 0.25) is 5.91 Å². The van der Waals surface area contributed by atoms with Crippen molar-refractivity contribution in [2.45, 2.75) is 31.7 Å². The second-order valence-electron chi connectivity index (χ2n) is 5.10. The van der Waals surface area contributed by atoms with Crippen LogP contribution in [0.25, 0.3) is 0 Å². The van der Waals surface area contributed by atoms with E-state index in [1.54, 1.807) is 6.07 Å². The second-order valence-corrected chi connectivity index (χ2v) is 5.10. The fourth-order valence-electron chi connectivity index (χ4n) is 2.10. The van der Waals surface area contributed by atoms with Gasteiger partial charge in [0.25, 0.3) is 0 Å². The Bertz CT molecular complexity index is 438. The summed E-state index contributed by atoms with van der Waals surface area (Å²) in [6.45, 7) is 1.32. The third-order valence-electron chi connectivity index (χ3n) is 3.44. The fourth-order valence-corrected chi connectivity index (χ4v) is 2.10. The van der Waals surface area contributed by atoms with E-state index in [4.69, 9.17) is 4.74 Å². The van der Waals surface area contributed by atoms with E-state index in [0.717, 1.165) is 18.7 Å². The number of nitrogens with one attached hydrogen (secondary N) is 2. The molecular weight excluding hydrogens is 244 g/mol. The van der Waals surface area contributed by atoms with Crippen molar-refractivity contribution in [1.82, 2.24) is 10.2 Å². The van der Waals surface area contributed by atoms with E-state index in [1.807, 2.05) is 6.07 Å². The summed E-state index contributed by atoms with van der Waals surface area (Å²) >= 11 is 0. The first-order valence-electron chi connectivity index (χ1n) is 6.80. The van der Waals surface area contributed by atoms with Crippen LogP contribution in [0.5, 0.6) is 0 Å². The predicted octanol–water partition coefficient (Wildman–Crippen LogP) is 1.42. The molecule has 0 atom stereocenters. The van der Waals surface area contributed by atoms with Crippen molar-refractivity contribution >= 4 is 17.5 Å². The lowest BCUT2D eigenvalue weighted by molar-refractivity contribution is -0.122. The van der Waals surface area contributed by atoms with Crippen LogP contribution in [0.1, 0.15) is 25.7 Å². The van der Waals surface area contributed by atoms with Gasteiger partial charge in [-0.1, -0.05) is 0 Å². The van der Waals surface area contributed by atoms with Crippen molar-refractivity contribution in [2.75, 3.05) is 23.8 Å². The maximum absolute atomic E-state index is 12.0. The molecule has 0 unspecified atom stereocenters. The molecule has 2 aliphatic rings. The molecule has 0 aromatic carbocycles. The number of ether oxygens (including phenoxy) is 1. The van der Waals surface area contributed by atoms with Crippen molar-refractivity contribution in [3.05, 3.63) is 12.1 Å². The zero-order valence-corrected chi connectivity index (χ0v) is 10.8. The number of rotatable bonds is 4. The topological polar surface area (TPSA) is 76.1 Å². The normalized spacial score (nSPS) is 20.0. The summed E-state index contributed by atoms with van der Waals surface area (Å²) in [6.07, 6.45) is 3.95. The van der Waals surface area contributed by atoms with Crippen molar-refractivity contribution in [3.63, 3.8) is 0 Å². The highest BCUT2D eigenvalue weighted by molar-refractivity contribution is 5.91. The molecule has 1 saturated heterocycles. The number of anilines is 2. The zero-order valence-electron chi connectivity index (χ0n) is 10.8. The Kier molecular flexibility index (Phi) is 3.59. The van der Waals surface area contributed by atoms with Crippen LogP contribution in [-0.4, -0.2) is 35.4 Å². The highest BCUT2D eigenvalue weighted by Crippen LogP contribution is 2.23. The van der Waals surface area contributed by atoms with Crippen LogP contribution in [0.15, 0.2) is 12.1 Å². The first kappa shape index (κ1) is 12.3. The second kappa shape index (κ2) is 5.52. The summed E-state index contributed by atoms with van der Waals surface area (Å²) in [7, 11) is 0. The van der Waals surface area contributed by atoms with Crippen LogP contribution >= 0.6 is 0 Å². The van der Waals surface area contributed by atoms with E-state index in [0.29, 0.717) is 25.1 Å². The minimum absolute atomic E-state index is 0.0144. The third kappa shape index (κ3) is 3.41. The first-order valence-corrected chi connectivity index (χ1v) is 6.80. The van der Waals surface area contributed by atoms with E-state index in [2.05, 4.69) is 20.8 Å². The van der Waals surface area contributed by atoms with Crippen molar-refractivity contribution in [3.8, 4) is 0 Å². The monoisotopic (exact) mass is 262 g/mol. The quantitative estimate of drug-likeness (QED) is 0.858. The van der Waals surface area contributed by atoms with E-state index in [1.165, 1.54) is 12.8 Å². The number of nitrogens with zero attached hydrogens (tertiary/aromatic N) is 2. The molecule has 6 nitrogen and oxygen atoms in total. The number of hydrogen-bond acceptors (Lipinski definition) is 5. The van der Waals surface area contributed by atoms with Crippen molar-refractivity contribution < 1.29 is 9.53 Å². The highest BCUT2D eigenvalue weighted by atomic mass is 16.5. The van der Waals surface area contributed by atoms with E-state index < -0.39 is 0 Å². The van der Waals surface area contributed by atoms with Gasteiger partial charge in [-0.25, -0.2) is 0 Å². The van der Waals surface area contributed by atoms with Crippen LogP contribution in [0.3, 0.4) is 0 Å². The van der Waals surface area contributed by atoms with Gasteiger partial charge < -0.3 is 15.4 Å². The summed E-state index contributed by atoms with van der Waals surface area (Å²) in [4.78, 5) is 12.0. The Hall–Kier alpha value is -1.69. The van der Waals surface area contributed by atoms with Gasteiger partial charge in [0.05, 0.1) is 0 Å². The lowest BCUT2D eigenvalue weighted by atomic mass is 9.99. The van der Waals surface area contributed by atoms with Gasteiger partial charge in [0.15, 0.2) is 5.82 Å². The van der Waals surface area contributed by atoms with Crippen LogP contribution in [0, 0.1) is 5.92 Å². The smallest absolute Gasteiger partial charge is 0.228 e. The van der Waals surface area contributed by atoms with E-state index >= 15 is 0 Å². The Balaban J connectivity index is 1.54. The molecule has 0 spiro atoms. The summed E-state index contributed by atoms with van der Waals surface area (Å²) in [5.74, 6) is 1.32. The average molecular weight is 262 g/mol. The Labute approximate surface area is 111 Å². The number of amides is 1. The minimum atomic E-state index is 0.0144. The third-order valence-corrected chi connectivity index (χ3v) is 3.44. The summed E-state index contributed by atoms with van der Waals surface area (Å²) in [6, 6.07) is 4.19. The molecule has 6 heteroatoms. The number of aromatic nitrogens is 2. The molecule has 3 rings (SSSR count). The van der Waals surface area contributed by atoms with Gasteiger partial charge in [-0.2, -0.15) is 0 Å². The molecule has 2 fully saturated rings. The van der Waals surface area contributed by atoms with Gasteiger partial charge in [0.1, 0.15) is 5.82 Å². The summed E-state index contributed by atoms with van der Waals surface area (Å²) in [5.41, 5.74) is 0. The van der Waals surface area contributed by atoms with Crippen LogP contribution < -0.4 is 10.6 Å². The molecule has 0 bridgehead atoms. The molecule has 102 valence electrons. The van der Waals surface area contributed by atoms with Crippen LogP contribution in [0.2, 0.25) is 0 Å². The first-order chi connectivity index (χ1) is 9.31. The molecule has 1 aliphatic heterocycles. The largest absolute Gasteiger partial charge is 0.381 e. The van der Waals surface area contributed by atoms with Crippen molar-refractivity contribution in [1.29, 1.82) is 0 Å². The predicted molar refractivity (Wildman–Crippen MR) is 70.8 cm³/mol. The molecule has 1 amide bonds.